The van der Waals surface area contributed by atoms with Gasteiger partial charge in [-0.05, 0) is 37.5 Å². The summed E-state index contributed by atoms with van der Waals surface area (Å²) >= 11 is 0. The summed E-state index contributed by atoms with van der Waals surface area (Å²) in [7, 11) is 1.61. The fourth-order valence-electron chi connectivity index (χ4n) is 3.00. The molecular weight excluding hydrogens is 302 g/mol. The zero-order valence-electron chi connectivity index (χ0n) is 14.0. The van der Waals surface area contributed by atoms with Crippen molar-refractivity contribution in [3.05, 3.63) is 48.2 Å². The van der Waals surface area contributed by atoms with Crippen LogP contribution in [0.1, 0.15) is 24.8 Å². The molecular formula is C19H23N3O2. The molecule has 1 aromatic carbocycles. The molecule has 0 spiro atoms. The summed E-state index contributed by atoms with van der Waals surface area (Å²) in [5.41, 5.74) is 1.59. The van der Waals surface area contributed by atoms with Gasteiger partial charge in [0.05, 0.1) is 25.4 Å². The van der Waals surface area contributed by atoms with Crippen LogP contribution < -0.4 is 15.0 Å². The molecule has 0 radical (unpaired) electrons. The quantitative estimate of drug-likeness (QED) is 0.917. The Hall–Kier alpha value is -2.56. The fourth-order valence-corrected chi connectivity index (χ4v) is 3.00. The number of nitrogens with one attached hydrogen (secondary N) is 1. The van der Waals surface area contributed by atoms with Gasteiger partial charge in [0.25, 0.3) is 0 Å². The molecule has 5 nitrogen and oxygen atoms in total. The highest BCUT2D eigenvalue weighted by atomic mass is 16.5. The van der Waals surface area contributed by atoms with Crippen molar-refractivity contribution in [1.29, 1.82) is 0 Å². The largest absolute Gasteiger partial charge is 0.496 e. The third kappa shape index (κ3) is 4.04. The molecule has 126 valence electrons. The van der Waals surface area contributed by atoms with Crippen LogP contribution in [0.3, 0.4) is 0 Å². The molecule has 1 aromatic heterocycles. The summed E-state index contributed by atoms with van der Waals surface area (Å²) in [6.45, 7) is 2.12. The van der Waals surface area contributed by atoms with Crippen LogP contribution >= 0.6 is 0 Å². The van der Waals surface area contributed by atoms with E-state index in [9.17, 15) is 4.79 Å². The predicted octanol–water partition coefficient (Wildman–Crippen LogP) is 3.26. The molecule has 5 heteroatoms. The lowest BCUT2D eigenvalue weighted by atomic mass is 10.1. The van der Waals surface area contributed by atoms with Crippen LogP contribution in [0, 0.1) is 0 Å². The van der Waals surface area contributed by atoms with E-state index in [1.807, 2.05) is 36.4 Å². The van der Waals surface area contributed by atoms with E-state index in [1.165, 1.54) is 19.3 Å². The van der Waals surface area contributed by atoms with Crippen molar-refractivity contribution in [2.75, 3.05) is 30.4 Å². The number of benzene rings is 1. The minimum absolute atomic E-state index is 0.0768. The Labute approximate surface area is 142 Å². The van der Waals surface area contributed by atoms with Crippen LogP contribution in [0.2, 0.25) is 0 Å². The normalized spacial score (nSPS) is 14.3. The van der Waals surface area contributed by atoms with Gasteiger partial charge in [0.1, 0.15) is 11.6 Å². The Morgan fingerprint density at radius 3 is 2.67 bits per heavy atom. The number of ether oxygens (including phenoxy) is 1. The first-order valence-corrected chi connectivity index (χ1v) is 8.39. The first-order valence-electron chi connectivity index (χ1n) is 8.39. The van der Waals surface area contributed by atoms with E-state index < -0.39 is 0 Å². The summed E-state index contributed by atoms with van der Waals surface area (Å²) in [5.74, 6) is 1.63. The lowest BCUT2D eigenvalue weighted by molar-refractivity contribution is -0.115. The lowest BCUT2D eigenvalue weighted by Crippen LogP contribution is -2.30. The highest BCUT2D eigenvalue weighted by Gasteiger charge is 2.12. The van der Waals surface area contributed by atoms with Crippen LogP contribution in [-0.4, -0.2) is 31.1 Å². The molecule has 0 unspecified atom stereocenters. The summed E-state index contributed by atoms with van der Waals surface area (Å²) in [4.78, 5) is 19.0. The SMILES string of the molecule is COc1ccccc1CC(=O)Nc1ccc(N2CCCCC2)nc1. The van der Waals surface area contributed by atoms with E-state index in [0.29, 0.717) is 0 Å². The number of para-hydroxylation sites is 1. The van der Waals surface area contributed by atoms with Crippen molar-refractivity contribution in [2.24, 2.45) is 0 Å². The number of hydrogen-bond donors (Lipinski definition) is 1. The standard InChI is InChI=1S/C19H23N3O2/c1-24-17-8-4-3-7-15(17)13-19(23)21-16-9-10-18(20-14-16)22-11-5-2-6-12-22/h3-4,7-10,14H,2,5-6,11-13H2,1H3,(H,21,23). The first kappa shape index (κ1) is 16.3. The van der Waals surface area contributed by atoms with Crippen molar-refractivity contribution in [2.45, 2.75) is 25.7 Å². The third-order valence-electron chi connectivity index (χ3n) is 4.26. The van der Waals surface area contributed by atoms with Crippen LogP contribution in [-0.2, 0) is 11.2 Å². The Morgan fingerprint density at radius 2 is 1.96 bits per heavy atom. The smallest absolute Gasteiger partial charge is 0.228 e. The molecule has 1 aliphatic rings. The molecule has 1 amide bonds. The second-order valence-electron chi connectivity index (χ2n) is 5.99. The van der Waals surface area contributed by atoms with E-state index in [2.05, 4.69) is 15.2 Å². The molecule has 24 heavy (non-hydrogen) atoms. The number of carbonyl (C=O) groups excluding carboxylic acids is 1. The van der Waals surface area contributed by atoms with E-state index >= 15 is 0 Å². The number of hydrogen-bond acceptors (Lipinski definition) is 4. The number of carbonyl (C=O) groups is 1. The van der Waals surface area contributed by atoms with Crippen LogP contribution in [0.25, 0.3) is 0 Å². The van der Waals surface area contributed by atoms with E-state index in [4.69, 9.17) is 4.74 Å². The predicted molar refractivity (Wildman–Crippen MR) is 95.6 cm³/mol. The molecule has 1 saturated heterocycles. The van der Waals surface area contributed by atoms with Gasteiger partial charge in [-0.2, -0.15) is 0 Å². The Bertz CT molecular complexity index is 679. The maximum atomic E-state index is 12.2. The van der Waals surface area contributed by atoms with Crippen molar-refractivity contribution < 1.29 is 9.53 Å². The molecule has 0 bridgehead atoms. The zero-order valence-corrected chi connectivity index (χ0v) is 14.0. The molecule has 1 aliphatic heterocycles. The van der Waals surface area contributed by atoms with Gasteiger partial charge in [0.15, 0.2) is 0 Å². The van der Waals surface area contributed by atoms with E-state index in [-0.39, 0.29) is 12.3 Å². The zero-order chi connectivity index (χ0) is 16.8. The minimum atomic E-state index is -0.0768. The highest BCUT2D eigenvalue weighted by molar-refractivity contribution is 5.92. The van der Waals surface area contributed by atoms with Gasteiger partial charge in [-0.1, -0.05) is 18.2 Å². The number of methoxy groups -OCH3 is 1. The third-order valence-corrected chi connectivity index (χ3v) is 4.26. The number of piperidine rings is 1. The molecule has 2 aromatic rings. The second-order valence-corrected chi connectivity index (χ2v) is 5.99. The van der Waals surface area contributed by atoms with Gasteiger partial charge in [-0.15, -0.1) is 0 Å². The number of anilines is 2. The number of aromatic nitrogens is 1. The van der Waals surface area contributed by atoms with E-state index in [0.717, 1.165) is 35.9 Å². The van der Waals surface area contributed by atoms with Crippen LogP contribution in [0.15, 0.2) is 42.6 Å². The van der Waals surface area contributed by atoms with Crippen LogP contribution in [0.4, 0.5) is 11.5 Å². The van der Waals surface area contributed by atoms with Gasteiger partial charge in [0, 0.05) is 18.7 Å². The van der Waals surface area contributed by atoms with Crippen LogP contribution in [0.5, 0.6) is 5.75 Å². The molecule has 2 heterocycles. The Balaban J connectivity index is 1.60. The monoisotopic (exact) mass is 325 g/mol. The van der Waals surface area contributed by atoms with Crippen molar-refractivity contribution in [3.8, 4) is 5.75 Å². The summed E-state index contributed by atoms with van der Waals surface area (Å²) in [6.07, 6.45) is 5.74. The molecule has 0 aliphatic carbocycles. The summed E-state index contributed by atoms with van der Waals surface area (Å²) in [5, 5.41) is 2.90. The van der Waals surface area contributed by atoms with E-state index in [1.54, 1.807) is 13.3 Å². The molecule has 1 fully saturated rings. The first-order chi connectivity index (χ1) is 11.8. The molecule has 1 N–H and O–H groups in total. The topological polar surface area (TPSA) is 54.5 Å². The van der Waals surface area contributed by atoms with Crippen molar-refractivity contribution in [3.63, 3.8) is 0 Å². The number of rotatable bonds is 5. The van der Waals surface area contributed by atoms with Gasteiger partial charge in [-0.3, -0.25) is 4.79 Å². The maximum Gasteiger partial charge on any atom is 0.228 e. The molecule has 0 atom stereocenters. The number of pyridine rings is 1. The second kappa shape index (κ2) is 7.81. The lowest BCUT2D eigenvalue weighted by Gasteiger charge is -2.27. The fraction of sp³-hybridized carbons (Fsp3) is 0.368. The minimum Gasteiger partial charge on any atom is -0.496 e. The molecule has 3 rings (SSSR count). The van der Waals surface area contributed by atoms with Gasteiger partial charge < -0.3 is 15.0 Å². The Morgan fingerprint density at radius 1 is 1.17 bits per heavy atom. The maximum absolute atomic E-state index is 12.2. The summed E-state index contributed by atoms with van der Waals surface area (Å²) < 4.78 is 5.28. The van der Waals surface area contributed by atoms with Crippen molar-refractivity contribution in [1.82, 2.24) is 4.98 Å². The highest BCUT2D eigenvalue weighted by Crippen LogP contribution is 2.20. The van der Waals surface area contributed by atoms with Gasteiger partial charge in [0.2, 0.25) is 5.91 Å². The summed E-state index contributed by atoms with van der Waals surface area (Å²) in [6, 6.07) is 11.4. The van der Waals surface area contributed by atoms with Gasteiger partial charge >= 0.3 is 0 Å². The average molecular weight is 325 g/mol. The Kier molecular flexibility index (Phi) is 5.31. The van der Waals surface area contributed by atoms with Gasteiger partial charge in [-0.25, -0.2) is 4.98 Å². The number of amides is 1. The van der Waals surface area contributed by atoms with Crippen molar-refractivity contribution >= 4 is 17.4 Å². The average Bonchev–Trinajstić information content (AvgIpc) is 2.63. The number of nitrogens with zero attached hydrogens (tertiary/aromatic N) is 2. The molecule has 0 saturated carbocycles.